The second kappa shape index (κ2) is 7.48. The molecule has 122 valence electrons. The Bertz CT molecular complexity index is 557. The van der Waals surface area contributed by atoms with Crippen molar-refractivity contribution in [3.63, 3.8) is 0 Å². The molecule has 1 aromatic carbocycles. The lowest BCUT2D eigenvalue weighted by Gasteiger charge is -2.13. The number of ether oxygens (including phenoxy) is 3. The smallest absolute Gasteiger partial charge is 0.434 e. The molecule has 22 heavy (non-hydrogen) atoms. The first-order chi connectivity index (χ1) is 10.1. The van der Waals surface area contributed by atoms with Gasteiger partial charge in [0.1, 0.15) is 11.3 Å². The van der Waals surface area contributed by atoms with Crippen LogP contribution in [0.25, 0.3) is 0 Å². The molecule has 0 bridgehead atoms. The lowest BCUT2D eigenvalue weighted by atomic mass is 10.2. The van der Waals surface area contributed by atoms with Crippen molar-refractivity contribution in [2.45, 2.75) is 20.2 Å². The van der Waals surface area contributed by atoms with E-state index >= 15 is 0 Å². The van der Waals surface area contributed by atoms with Gasteiger partial charge in [-0.15, -0.1) is 13.2 Å². The highest BCUT2D eigenvalue weighted by Crippen LogP contribution is 2.30. The Morgan fingerprint density at radius 1 is 1.27 bits per heavy atom. The largest absolute Gasteiger partial charge is 0.573 e. The zero-order valence-electron chi connectivity index (χ0n) is 11.6. The van der Waals surface area contributed by atoms with E-state index in [1.165, 1.54) is 6.07 Å². The third-order valence-electron chi connectivity index (χ3n) is 2.10. The Balaban J connectivity index is 2.86. The summed E-state index contributed by atoms with van der Waals surface area (Å²) in [5.41, 5.74) is -0.554. The number of benzene rings is 1. The van der Waals surface area contributed by atoms with Crippen molar-refractivity contribution >= 4 is 28.1 Å². The van der Waals surface area contributed by atoms with E-state index in [0.29, 0.717) is 0 Å². The van der Waals surface area contributed by atoms with E-state index in [1.807, 2.05) is 0 Å². The van der Waals surface area contributed by atoms with Crippen molar-refractivity contribution in [2.75, 3.05) is 6.61 Å². The second-order valence-electron chi connectivity index (χ2n) is 4.53. The molecular weight excluding hydrogens is 373 g/mol. The van der Waals surface area contributed by atoms with Crippen LogP contribution in [-0.4, -0.2) is 25.1 Å². The molecule has 5 nitrogen and oxygen atoms in total. The van der Waals surface area contributed by atoms with E-state index in [1.54, 1.807) is 13.8 Å². The Morgan fingerprint density at radius 3 is 2.45 bits per heavy atom. The number of esters is 1. The summed E-state index contributed by atoms with van der Waals surface area (Å²) in [6.07, 6.45) is -6.28. The van der Waals surface area contributed by atoms with Crippen LogP contribution in [-0.2, 0) is 9.47 Å². The standard InChI is InChI=1S/C13H12BrF3O5/c1-7(2)6-20-12(19)21-11(18)9-4-3-8(14)5-10(9)22-13(15,16)17/h3-5,7H,6H2,1-2H3. The number of alkyl halides is 3. The highest BCUT2D eigenvalue weighted by molar-refractivity contribution is 9.10. The maximum atomic E-state index is 12.3. The van der Waals surface area contributed by atoms with Gasteiger partial charge in [0.25, 0.3) is 0 Å². The van der Waals surface area contributed by atoms with Crippen molar-refractivity contribution in [1.82, 2.24) is 0 Å². The lowest BCUT2D eigenvalue weighted by Crippen LogP contribution is -2.21. The first-order valence-corrected chi connectivity index (χ1v) is 6.82. The van der Waals surface area contributed by atoms with Gasteiger partial charge in [0.05, 0.1) is 6.61 Å². The fourth-order valence-electron chi connectivity index (χ4n) is 1.27. The number of hydrogen-bond acceptors (Lipinski definition) is 5. The van der Waals surface area contributed by atoms with Crippen LogP contribution in [0, 0.1) is 5.92 Å². The molecule has 0 heterocycles. The molecule has 0 aliphatic carbocycles. The molecule has 0 aliphatic rings. The normalized spacial score (nSPS) is 11.2. The number of hydrogen-bond donors (Lipinski definition) is 0. The van der Waals surface area contributed by atoms with Crippen LogP contribution >= 0.6 is 15.9 Å². The lowest BCUT2D eigenvalue weighted by molar-refractivity contribution is -0.274. The van der Waals surface area contributed by atoms with E-state index in [4.69, 9.17) is 0 Å². The molecule has 0 saturated heterocycles. The molecule has 0 atom stereocenters. The summed E-state index contributed by atoms with van der Waals surface area (Å²) in [7, 11) is 0. The monoisotopic (exact) mass is 384 g/mol. The Kier molecular flexibility index (Phi) is 6.21. The maximum Gasteiger partial charge on any atom is 0.573 e. The molecule has 0 aromatic heterocycles. The number of rotatable bonds is 4. The van der Waals surface area contributed by atoms with Crippen LogP contribution in [0.5, 0.6) is 5.75 Å². The van der Waals surface area contributed by atoms with Crippen LogP contribution in [0.15, 0.2) is 22.7 Å². The molecule has 0 aliphatic heterocycles. The van der Waals surface area contributed by atoms with Gasteiger partial charge >= 0.3 is 18.5 Å². The fourth-order valence-corrected chi connectivity index (χ4v) is 1.61. The van der Waals surface area contributed by atoms with Crippen molar-refractivity contribution in [2.24, 2.45) is 5.92 Å². The molecule has 1 rings (SSSR count). The van der Waals surface area contributed by atoms with E-state index in [2.05, 4.69) is 30.1 Å². The van der Waals surface area contributed by atoms with Gasteiger partial charge < -0.3 is 14.2 Å². The predicted octanol–water partition coefficient (Wildman–Crippen LogP) is 4.30. The minimum atomic E-state index is -4.99. The SMILES string of the molecule is CC(C)COC(=O)OC(=O)c1ccc(Br)cc1OC(F)(F)F. The molecular formula is C13H12BrF3O5. The van der Waals surface area contributed by atoms with Crippen molar-refractivity contribution in [3.8, 4) is 5.75 Å². The van der Waals surface area contributed by atoms with Gasteiger partial charge in [0.15, 0.2) is 0 Å². The van der Waals surface area contributed by atoms with Crippen LogP contribution in [0.3, 0.4) is 0 Å². The molecule has 0 saturated carbocycles. The topological polar surface area (TPSA) is 61.8 Å². The molecule has 0 unspecified atom stereocenters. The summed E-state index contributed by atoms with van der Waals surface area (Å²) in [6, 6.07) is 3.27. The van der Waals surface area contributed by atoms with Crippen molar-refractivity contribution < 1.29 is 37.0 Å². The van der Waals surface area contributed by atoms with Crippen LogP contribution in [0.4, 0.5) is 18.0 Å². The zero-order valence-corrected chi connectivity index (χ0v) is 13.2. The summed E-state index contributed by atoms with van der Waals surface area (Å²) < 4.78 is 49.8. The first kappa shape index (κ1) is 18.3. The highest BCUT2D eigenvalue weighted by Gasteiger charge is 2.33. The molecule has 0 fully saturated rings. The van der Waals surface area contributed by atoms with Gasteiger partial charge in [-0.1, -0.05) is 29.8 Å². The van der Waals surface area contributed by atoms with Crippen LogP contribution in [0.1, 0.15) is 24.2 Å². The molecule has 0 N–H and O–H groups in total. The summed E-state index contributed by atoms with van der Waals surface area (Å²) in [6.45, 7) is 3.54. The van der Waals surface area contributed by atoms with E-state index < -0.39 is 29.8 Å². The van der Waals surface area contributed by atoms with Gasteiger partial charge in [0, 0.05) is 4.47 Å². The van der Waals surface area contributed by atoms with Gasteiger partial charge in [0.2, 0.25) is 0 Å². The van der Waals surface area contributed by atoms with Gasteiger partial charge in [-0.2, -0.15) is 0 Å². The minimum absolute atomic E-state index is 0.0123. The van der Waals surface area contributed by atoms with Gasteiger partial charge in [-0.05, 0) is 24.1 Å². The van der Waals surface area contributed by atoms with Crippen LogP contribution in [0.2, 0.25) is 0 Å². The average molecular weight is 385 g/mol. The summed E-state index contributed by atoms with van der Waals surface area (Å²) in [5.74, 6) is -2.08. The zero-order chi connectivity index (χ0) is 16.9. The van der Waals surface area contributed by atoms with Gasteiger partial charge in [-0.25, -0.2) is 9.59 Å². The second-order valence-corrected chi connectivity index (χ2v) is 5.45. The van der Waals surface area contributed by atoms with Gasteiger partial charge in [-0.3, -0.25) is 0 Å². The van der Waals surface area contributed by atoms with E-state index in [9.17, 15) is 22.8 Å². The van der Waals surface area contributed by atoms with Crippen LogP contribution < -0.4 is 4.74 Å². The van der Waals surface area contributed by atoms with E-state index in [-0.39, 0.29) is 17.0 Å². The molecule has 0 spiro atoms. The minimum Gasteiger partial charge on any atom is -0.434 e. The Hall–Kier alpha value is -1.77. The fraction of sp³-hybridized carbons (Fsp3) is 0.385. The summed E-state index contributed by atoms with van der Waals surface area (Å²) in [5, 5.41) is 0. The first-order valence-electron chi connectivity index (χ1n) is 6.02. The molecule has 0 amide bonds. The quantitative estimate of drug-likeness (QED) is 0.572. The molecule has 1 aromatic rings. The third-order valence-corrected chi connectivity index (χ3v) is 2.59. The Labute approximate surface area is 132 Å². The summed E-state index contributed by atoms with van der Waals surface area (Å²) in [4.78, 5) is 23.0. The maximum absolute atomic E-state index is 12.3. The number of carbonyl (C=O) groups is 2. The summed E-state index contributed by atoms with van der Waals surface area (Å²) >= 11 is 2.95. The predicted molar refractivity (Wildman–Crippen MR) is 72.4 cm³/mol. The highest BCUT2D eigenvalue weighted by atomic mass is 79.9. The van der Waals surface area contributed by atoms with Crippen molar-refractivity contribution in [1.29, 1.82) is 0 Å². The third kappa shape index (κ3) is 6.33. The number of halogens is 4. The Morgan fingerprint density at radius 2 is 1.91 bits per heavy atom. The molecule has 9 heteroatoms. The average Bonchev–Trinajstić information content (AvgIpc) is 2.34. The van der Waals surface area contributed by atoms with E-state index in [0.717, 1.165) is 12.1 Å². The van der Waals surface area contributed by atoms with Crippen molar-refractivity contribution in [3.05, 3.63) is 28.2 Å². The number of carbonyl (C=O) groups excluding carboxylic acids is 2. The molecule has 0 radical (unpaired) electrons.